The summed E-state index contributed by atoms with van der Waals surface area (Å²) in [6.45, 7) is 8.70. The third-order valence-corrected chi connectivity index (χ3v) is 11.6. The number of nitrogens with one attached hydrogen (secondary N) is 3. The van der Waals surface area contributed by atoms with Crippen LogP contribution < -0.4 is 10.6 Å². The van der Waals surface area contributed by atoms with Gasteiger partial charge >= 0.3 is 12.2 Å². The van der Waals surface area contributed by atoms with Gasteiger partial charge in [-0.05, 0) is 60.4 Å². The molecule has 3 N–H and O–H groups in total. The van der Waals surface area contributed by atoms with Crippen LogP contribution in [0.4, 0.5) is 15.4 Å². The number of amides is 4. The Labute approximate surface area is 346 Å². The van der Waals surface area contributed by atoms with E-state index in [-0.39, 0.29) is 35.7 Å². The number of rotatable bonds is 10. The number of likely N-dealkylation sites (tertiary alicyclic amines) is 2. The van der Waals surface area contributed by atoms with Crippen LogP contribution >= 0.6 is 0 Å². The first-order valence-corrected chi connectivity index (χ1v) is 20.4. The number of carbonyl (C=O) groups is 4. The van der Waals surface area contributed by atoms with Gasteiger partial charge < -0.3 is 34.9 Å². The van der Waals surface area contributed by atoms with Gasteiger partial charge in [0.1, 0.15) is 17.9 Å². The Morgan fingerprint density at radius 2 is 1.28 bits per heavy atom. The number of aromatic amines is 1. The lowest BCUT2D eigenvalue weighted by Gasteiger charge is -2.30. The van der Waals surface area contributed by atoms with Crippen LogP contribution in [0.5, 0.6) is 0 Å². The molecular formula is C43H49N11O6. The molecule has 0 unspecified atom stereocenters. The van der Waals surface area contributed by atoms with Crippen LogP contribution in [0.1, 0.15) is 70.9 Å². The van der Waals surface area contributed by atoms with Crippen molar-refractivity contribution in [1.29, 1.82) is 0 Å². The molecule has 2 aromatic carbocycles. The summed E-state index contributed by atoms with van der Waals surface area (Å²) >= 11 is 0. The van der Waals surface area contributed by atoms with Crippen molar-refractivity contribution < 1.29 is 28.7 Å². The van der Waals surface area contributed by atoms with Crippen molar-refractivity contribution in [2.24, 2.45) is 16.8 Å². The summed E-state index contributed by atoms with van der Waals surface area (Å²) in [7, 11) is 2.57. The zero-order chi connectivity index (χ0) is 42.2. The van der Waals surface area contributed by atoms with E-state index < -0.39 is 24.3 Å². The topological polar surface area (TPSA) is 210 Å². The summed E-state index contributed by atoms with van der Waals surface area (Å²) in [5.41, 5.74) is 5.80. The number of methoxy groups -OCH3 is 2. The smallest absolute Gasteiger partial charge is 0.407 e. The molecule has 312 valence electrons. The number of ether oxygens (including phenoxy) is 2. The van der Waals surface area contributed by atoms with Gasteiger partial charge in [-0.1, -0.05) is 52.0 Å². The number of carbonyl (C=O) groups excluding carboxylic acids is 4. The van der Waals surface area contributed by atoms with Crippen LogP contribution in [0.2, 0.25) is 0 Å². The average molecular weight is 816 g/mol. The van der Waals surface area contributed by atoms with Crippen LogP contribution in [0, 0.1) is 11.8 Å². The van der Waals surface area contributed by atoms with E-state index in [1.54, 1.807) is 17.3 Å². The summed E-state index contributed by atoms with van der Waals surface area (Å²) in [5.74, 6) is 0.595. The fourth-order valence-corrected chi connectivity index (χ4v) is 8.43. The molecular weight excluding hydrogens is 767 g/mol. The summed E-state index contributed by atoms with van der Waals surface area (Å²) in [5, 5.41) is 7.41. The number of alkyl carbamates (subject to hydrolysis) is 2. The third-order valence-electron chi connectivity index (χ3n) is 11.6. The van der Waals surface area contributed by atoms with Gasteiger partial charge in [0.25, 0.3) is 0 Å². The molecule has 5 aromatic rings. The number of aromatic nitrogens is 6. The minimum atomic E-state index is -0.727. The summed E-state index contributed by atoms with van der Waals surface area (Å²) in [4.78, 5) is 86.9. The van der Waals surface area contributed by atoms with Crippen molar-refractivity contribution in [2.75, 3.05) is 27.3 Å². The Balaban J connectivity index is 0.965. The van der Waals surface area contributed by atoms with Gasteiger partial charge in [0.05, 0.1) is 55.8 Å². The number of imidazole rings is 1. The number of benzene rings is 2. The molecule has 2 saturated heterocycles. The van der Waals surface area contributed by atoms with Gasteiger partial charge in [-0.15, -0.1) is 0 Å². The van der Waals surface area contributed by atoms with E-state index in [2.05, 4.69) is 37.7 Å². The first-order chi connectivity index (χ1) is 28.9. The molecule has 0 aliphatic carbocycles. The van der Waals surface area contributed by atoms with Crippen LogP contribution in [0.3, 0.4) is 0 Å². The third kappa shape index (κ3) is 7.82. The summed E-state index contributed by atoms with van der Waals surface area (Å²) < 4.78 is 9.54. The molecule has 2 fully saturated rings. The van der Waals surface area contributed by atoms with Gasteiger partial charge in [-0.3, -0.25) is 9.59 Å². The van der Waals surface area contributed by atoms with Crippen LogP contribution in [-0.2, 0) is 25.5 Å². The predicted molar refractivity (Wildman–Crippen MR) is 223 cm³/mol. The molecule has 6 heterocycles. The number of fused-ring (bicyclic) bond motifs is 3. The standard InChI is InChI=1S/C43H49N11O6/c1-22(2)34(49-42(57)59-5)40(55)53-15-7-9-32(53)28-19-29-36(47-28)44-20-30(46-29)26-13-11-25-18-27(14-12-24(25)17-26)31-21-45-38-39(48-31)52-37(51-38)33-10-8-16-54(33)41(56)35(23(3)4)50-43(58)60-6/h11-14,17-18,20-23,32-35H,7-10,15-16,19H2,1-6H3,(H,49,57)(H,50,58)(H,45,48,51,52)/t32-,33-,34+,35+/m1/s1. The van der Waals surface area contributed by atoms with E-state index in [0.29, 0.717) is 48.1 Å². The minimum absolute atomic E-state index is 0.118. The maximum absolute atomic E-state index is 13.7. The molecule has 3 aliphatic heterocycles. The lowest BCUT2D eigenvalue weighted by molar-refractivity contribution is -0.135. The SMILES string of the molecule is COC(=O)N[C@H](C(=O)N1CCC[C@@H]1C1=Nc2ncc(-c3ccc4cc(-c5cnc6nc([C@H]7CCCN7C(=O)[C@@H](NC(=O)OC)C(C)C)[nH]c6n5)ccc4c3)nc2C1)C(C)C. The highest BCUT2D eigenvalue weighted by molar-refractivity contribution is 6.00. The predicted octanol–water partition coefficient (Wildman–Crippen LogP) is 5.67. The van der Waals surface area contributed by atoms with Crippen molar-refractivity contribution in [2.45, 2.75) is 84.0 Å². The normalized spacial score (nSPS) is 18.5. The first kappa shape index (κ1) is 40.3. The van der Waals surface area contributed by atoms with Crippen molar-refractivity contribution in [3.63, 3.8) is 0 Å². The second kappa shape index (κ2) is 16.6. The van der Waals surface area contributed by atoms with E-state index in [1.165, 1.54) is 14.2 Å². The molecule has 60 heavy (non-hydrogen) atoms. The molecule has 0 spiro atoms. The van der Waals surface area contributed by atoms with Gasteiger partial charge in [0, 0.05) is 36.3 Å². The molecule has 0 saturated carbocycles. The van der Waals surface area contributed by atoms with E-state index in [4.69, 9.17) is 29.4 Å². The molecule has 17 heteroatoms. The van der Waals surface area contributed by atoms with E-state index in [1.807, 2.05) is 56.9 Å². The van der Waals surface area contributed by atoms with Crippen LogP contribution in [-0.4, -0.2) is 115 Å². The van der Waals surface area contributed by atoms with Crippen molar-refractivity contribution in [3.8, 4) is 22.5 Å². The van der Waals surface area contributed by atoms with Gasteiger partial charge in [0.2, 0.25) is 11.8 Å². The summed E-state index contributed by atoms with van der Waals surface area (Å²) in [6, 6.07) is 10.3. The average Bonchev–Trinajstić information content (AvgIpc) is 4.08. The molecule has 0 radical (unpaired) electrons. The molecule has 8 rings (SSSR count). The quantitative estimate of drug-likeness (QED) is 0.156. The van der Waals surface area contributed by atoms with Crippen molar-refractivity contribution >= 4 is 57.6 Å². The number of hydrogen-bond donors (Lipinski definition) is 3. The van der Waals surface area contributed by atoms with Crippen molar-refractivity contribution in [1.82, 2.24) is 50.3 Å². The Kier molecular flexibility index (Phi) is 11.2. The van der Waals surface area contributed by atoms with Crippen LogP contribution in [0.25, 0.3) is 44.6 Å². The first-order valence-electron chi connectivity index (χ1n) is 20.4. The minimum Gasteiger partial charge on any atom is -0.453 e. The Hall–Kier alpha value is -6.52. The lowest BCUT2D eigenvalue weighted by atomic mass is 10.0. The van der Waals surface area contributed by atoms with E-state index >= 15 is 0 Å². The van der Waals surface area contributed by atoms with Gasteiger partial charge in [0.15, 0.2) is 17.1 Å². The second-order valence-electron chi connectivity index (χ2n) is 16.2. The number of aliphatic imine (C=N–C) groups is 1. The Bertz CT molecular complexity index is 2520. The van der Waals surface area contributed by atoms with Crippen LogP contribution in [0.15, 0.2) is 53.8 Å². The molecule has 4 atom stereocenters. The van der Waals surface area contributed by atoms with E-state index in [9.17, 15) is 19.2 Å². The van der Waals surface area contributed by atoms with Crippen molar-refractivity contribution in [3.05, 3.63) is 60.3 Å². The molecule has 4 amide bonds. The van der Waals surface area contributed by atoms with Gasteiger partial charge in [-0.25, -0.2) is 39.5 Å². The lowest BCUT2D eigenvalue weighted by Crippen LogP contribution is -2.53. The maximum atomic E-state index is 13.7. The molecule has 17 nitrogen and oxygen atoms in total. The Morgan fingerprint density at radius 3 is 1.87 bits per heavy atom. The zero-order valence-electron chi connectivity index (χ0n) is 34.6. The molecule has 0 bridgehead atoms. The summed E-state index contributed by atoms with van der Waals surface area (Å²) in [6.07, 6.45) is 5.80. The molecule has 3 aromatic heterocycles. The fourth-order valence-electron chi connectivity index (χ4n) is 8.43. The molecule has 3 aliphatic rings. The number of nitrogens with zero attached hydrogens (tertiary/aromatic N) is 8. The highest BCUT2D eigenvalue weighted by Gasteiger charge is 2.40. The monoisotopic (exact) mass is 815 g/mol. The van der Waals surface area contributed by atoms with Gasteiger partial charge in [-0.2, -0.15) is 0 Å². The number of hydrogen-bond acceptors (Lipinski definition) is 12. The highest BCUT2D eigenvalue weighted by Crippen LogP contribution is 2.35. The zero-order valence-corrected chi connectivity index (χ0v) is 34.6. The second-order valence-corrected chi connectivity index (χ2v) is 16.2. The fraction of sp³-hybridized carbons (Fsp3) is 0.442. The highest BCUT2D eigenvalue weighted by atomic mass is 16.5. The largest absolute Gasteiger partial charge is 0.453 e. The van der Waals surface area contributed by atoms with E-state index in [0.717, 1.165) is 64.7 Å². The number of H-pyrrole nitrogens is 1. The Morgan fingerprint density at radius 1 is 0.733 bits per heavy atom. The maximum Gasteiger partial charge on any atom is 0.407 e.